The van der Waals surface area contributed by atoms with Crippen molar-refractivity contribution in [2.24, 2.45) is 0 Å². The zero-order valence-corrected chi connectivity index (χ0v) is 14.3. The second-order valence-corrected chi connectivity index (χ2v) is 6.28. The summed E-state index contributed by atoms with van der Waals surface area (Å²) in [6.07, 6.45) is 0. The number of aromatic nitrogens is 1. The molecular weight excluding hydrogens is 304 g/mol. The molecule has 3 rings (SSSR count). The molecule has 2 heterocycles. The molecule has 6 heteroatoms. The molecule has 2 amide bonds. The third-order valence-electron chi connectivity index (χ3n) is 4.41. The molecule has 0 aliphatic carbocycles. The first-order valence-electron chi connectivity index (χ1n) is 8.33. The van der Waals surface area contributed by atoms with E-state index < -0.39 is 0 Å². The maximum Gasteiger partial charge on any atom is 0.317 e. The molecule has 0 unspecified atom stereocenters. The van der Waals surface area contributed by atoms with Gasteiger partial charge < -0.3 is 14.7 Å². The normalized spacial score (nSPS) is 15.5. The first-order valence-corrected chi connectivity index (χ1v) is 8.33. The summed E-state index contributed by atoms with van der Waals surface area (Å²) in [6, 6.07) is 10.1. The smallest absolute Gasteiger partial charge is 0.317 e. The number of nitrogens with zero attached hydrogens (tertiary/aromatic N) is 3. The first-order chi connectivity index (χ1) is 11.6. The zero-order chi connectivity index (χ0) is 16.9. The fourth-order valence-corrected chi connectivity index (χ4v) is 2.91. The molecule has 1 aliphatic rings. The molecule has 1 aromatic carbocycles. The minimum absolute atomic E-state index is 0.00779. The van der Waals surface area contributed by atoms with Crippen LogP contribution < -0.4 is 5.32 Å². The van der Waals surface area contributed by atoms with Crippen molar-refractivity contribution in [1.29, 1.82) is 0 Å². The Morgan fingerprint density at radius 1 is 1.21 bits per heavy atom. The van der Waals surface area contributed by atoms with Gasteiger partial charge in [-0.05, 0) is 25.0 Å². The van der Waals surface area contributed by atoms with Crippen LogP contribution in [0.5, 0.6) is 0 Å². The number of nitrogens with one attached hydrogen (secondary N) is 1. The van der Waals surface area contributed by atoms with Crippen LogP contribution in [0.25, 0.3) is 0 Å². The fourth-order valence-electron chi connectivity index (χ4n) is 2.91. The molecule has 1 fully saturated rings. The Kier molecular flexibility index (Phi) is 5.15. The van der Waals surface area contributed by atoms with E-state index in [0.717, 1.165) is 49.7 Å². The van der Waals surface area contributed by atoms with Crippen molar-refractivity contribution in [3.05, 3.63) is 52.9 Å². The number of carbonyl (C=O) groups excluding carboxylic acids is 1. The number of amides is 2. The molecular formula is C18H24N4O2. The van der Waals surface area contributed by atoms with Crippen LogP contribution in [0.4, 0.5) is 4.79 Å². The summed E-state index contributed by atoms with van der Waals surface area (Å²) < 4.78 is 5.26. The van der Waals surface area contributed by atoms with Crippen LogP contribution in [0, 0.1) is 13.8 Å². The first kappa shape index (κ1) is 16.5. The summed E-state index contributed by atoms with van der Waals surface area (Å²) in [5.74, 6) is 0.880. The zero-order valence-electron chi connectivity index (χ0n) is 14.3. The molecule has 1 saturated heterocycles. The van der Waals surface area contributed by atoms with Gasteiger partial charge in [0.15, 0.2) is 5.76 Å². The van der Waals surface area contributed by atoms with Crippen molar-refractivity contribution in [3.63, 3.8) is 0 Å². The van der Waals surface area contributed by atoms with Gasteiger partial charge in [0, 0.05) is 38.8 Å². The van der Waals surface area contributed by atoms with Crippen molar-refractivity contribution in [2.75, 3.05) is 26.2 Å². The minimum Gasteiger partial charge on any atom is -0.360 e. The minimum atomic E-state index is 0.00779. The van der Waals surface area contributed by atoms with Gasteiger partial charge in [0.05, 0.1) is 12.2 Å². The summed E-state index contributed by atoms with van der Waals surface area (Å²) in [7, 11) is 0. The van der Waals surface area contributed by atoms with Crippen LogP contribution in [0.2, 0.25) is 0 Å². The van der Waals surface area contributed by atoms with Gasteiger partial charge in [-0.3, -0.25) is 4.90 Å². The van der Waals surface area contributed by atoms with Gasteiger partial charge >= 0.3 is 6.03 Å². The Morgan fingerprint density at radius 2 is 1.96 bits per heavy atom. The molecule has 1 aromatic heterocycles. The average molecular weight is 328 g/mol. The molecule has 1 aliphatic heterocycles. The van der Waals surface area contributed by atoms with Crippen LogP contribution in [0.15, 0.2) is 34.9 Å². The Hall–Kier alpha value is -2.34. The fraction of sp³-hybridized carbons (Fsp3) is 0.444. The van der Waals surface area contributed by atoms with E-state index in [1.807, 2.05) is 36.1 Å². The molecule has 6 nitrogen and oxygen atoms in total. The largest absolute Gasteiger partial charge is 0.360 e. The summed E-state index contributed by atoms with van der Waals surface area (Å²) in [4.78, 5) is 16.5. The molecule has 0 spiro atoms. The van der Waals surface area contributed by atoms with Crippen LogP contribution >= 0.6 is 0 Å². The van der Waals surface area contributed by atoms with Gasteiger partial charge in [0.25, 0.3) is 0 Å². The van der Waals surface area contributed by atoms with Crippen LogP contribution in [0.1, 0.15) is 22.6 Å². The van der Waals surface area contributed by atoms with Gasteiger partial charge in [-0.1, -0.05) is 29.4 Å². The molecule has 128 valence electrons. The Bertz CT molecular complexity index is 690. The number of rotatable bonds is 4. The maximum atomic E-state index is 12.3. The highest BCUT2D eigenvalue weighted by Gasteiger charge is 2.21. The number of aryl methyl sites for hydroxylation is 2. The van der Waals surface area contributed by atoms with Crippen molar-refractivity contribution in [2.45, 2.75) is 26.9 Å². The number of hydrogen-bond acceptors (Lipinski definition) is 4. The van der Waals surface area contributed by atoms with E-state index in [9.17, 15) is 4.79 Å². The second-order valence-electron chi connectivity index (χ2n) is 6.28. The predicted octanol–water partition coefficient (Wildman–Crippen LogP) is 2.32. The van der Waals surface area contributed by atoms with Gasteiger partial charge in [0.1, 0.15) is 0 Å². The standard InChI is InChI=1S/C18H24N4O2/c1-14-5-3-4-6-16(14)12-19-18(23)22-9-7-21(8-10-22)13-17-11-15(2)20-24-17/h3-6,11H,7-10,12-13H2,1-2H3,(H,19,23). The lowest BCUT2D eigenvalue weighted by atomic mass is 10.1. The van der Waals surface area contributed by atoms with E-state index in [2.05, 4.69) is 28.4 Å². The number of benzene rings is 1. The second kappa shape index (κ2) is 7.49. The number of piperazine rings is 1. The van der Waals surface area contributed by atoms with E-state index >= 15 is 0 Å². The summed E-state index contributed by atoms with van der Waals surface area (Å²) >= 11 is 0. The Balaban J connectivity index is 1.44. The van der Waals surface area contributed by atoms with Crippen molar-refractivity contribution in [3.8, 4) is 0 Å². The van der Waals surface area contributed by atoms with Crippen molar-refractivity contribution >= 4 is 6.03 Å². The summed E-state index contributed by atoms with van der Waals surface area (Å²) in [5.41, 5.74) is 3.26. The predicted molar refractivity (Wildman–Crippen MR) is 91.5 cm³/mol. The lowest BCUT2D eigenvalue weighted by Gasteiger charge is -2.34. The Morgan fingerprint density at radius 3 is 2.62 bits per heavy atom. The monoisotopic (exact) mass is 328 g/mol. The number of carbonyl (C=O) groups is 1. The van der Waals surface area contributed by atoms with E-state index in [-0.39, 0.29) is 6.03 Å². The molecule has 0 bridgehead atoms. The SMILES string of the molecule is Cc1cc(CN2CCN(C(=O)NCc3ccccc3C)CC2)on1. The molecule has 0 saturated carbocycles. The number of hydrogen-bond donors (Lipinski definition) is 1. The highest BCUT2D eigenvalue weighted by atomic mass is 16.5. The van der Waals surface area contributed by atoms with E-state index in [1.165, 1.54) is 5.56 Å². The molecule has 24 heavy (non-hydrogen) atoms. The molecule has 1 N–H and O–H groups in total. The molecule has 0 atom stereocenters. The van der Waals surface area contributed by atoms with Crippen LogP contribution in [-0.2, 0) is 13.1 Å². The average Bonchev–Trinajstić information content (AvgIpc) is 2.99. The maximum absolute atomic E-state index is 12.3. The lowest BCUT2D eigenvalue weighted by molar-refractivity contribution is 0.127. The Labute approximate surface area is 142 Å². The van der Waals surface area contributed by atoms with E-state index in [1.54, 1.807) is 0 Å². The summed E-state index contributed by atoms with van der Waals surface area (Å²) in [5, 5.41) is 6.93. The van der Waals surface area contributed by atoms with Crippen LogP contribution in [0.3, 0.4) is 0 Å². The third kappa shape index (κ3) is 4.14. The molecule has 2 aromatic rings. The van der Waals surface area contributed by atoms with Crippen molar-refractivity contribution < 1.29 is 9.32 Å². The van der Waals surface area contributed by atoms with Gasteiger partial charge in [-0.15, -0.1) is 0 Å². The van der Waals surface area contributed by atoms with Crippen LogP contribution in [-0.4, -0.2) is 47.2 Å². The van der Waals surface area contributed by atoms with Gasteiger partial charge in [-0.2, -0.15) is 0 Å². The highest BCUT2D eigenvalue weighted by Crippen LogP contribution is 2.10. The van der Waals surface area contributed by atoms with Gasteiger partial charge in [-0.25, -0.2) is 4.79 Å². The van der Waals surface area contributed by atoms with E-state index in [0.29, 0.717) is 6.54 Å². The van der Waals surface area contributed by atoms with Gasteiger partial charge in [0.2, 0.25) is 0 Å². The lowest BCUT2D eigenvalue weighted by Crippen LogP contribution is -2.51. The van der Waals surface area contributed by atoms with E-state index in [4.69, 9.17) is 4.52 Å². The van der Waals surface area contributed by atoms with Crippen molar-refractivity contribution in [1.82, 2.24) is 20.3 Å². The molecule has 0 radical (unpaired) electrons. The summed E-state index contributed by atoms with van der Waals surface area (Å²) in [6.45, 7) is 8.45. The third-order valence-corrected chi connectivity index (χ3v) is 4.41. The number of urea groups is 1. The quantitative estimate of drug-likeness (QED) is 0.936. The topological polar surface area (TPSA) is 61.6 Å². The highest BCUT2D eigenvalue weighted by molar-refractivity contribution is 5.74.